The largest absolute Gasteiger partial charge is 0.252 e. The Balaban J connectivity index is 2.50. The molecule has 0 saturated carbocycles. The van der Waals surface area contributed by atoms with Gasteiger partial charge >= 0.3 is 0 Å². The third-order valence-corrected chi connectivity index (χ3v) is 1.16. The van der Waals surface area contributed by atoms with Crippen molar-refractivity contribution in [3.05, 3.63) is 12.2 Å². The van der Waals surface area contributed by atoms with E-state index in [2.05, 4.69) is 6.08 Å². The van der Waals surface area contributed by atoms with Crippen LogP contribution < -0.4 is 0 Å². The first-order chi connectivity index (χ1) is 3.71. The van der Waals surface area contributed by atoms with Gasteiger partial charge in [0.2, 0.25) is 0 Å². The van der Waals surface area contributed by atoms with Gasteiger partial charge in [0.15, 0.2) is 0 Å². The van der Waals surface area contributed by atoms with Crippen LogP contribution in [-0.2, 0) is 0 Å². The van der Waals surface area contributed by atoms with Crippen molar-refractivity contribution in [2.75, 3.05) is 0 Å². The maximum Gasteiger partial charge on any atom is 0.252 e. The Labute approximate surface area is 47.2 Å². The molecule has 1 aliphatic carbocycles. The predicted octanol–water partition coefficient (Wildman–Crippen LogP) is 2.16. The lowest BCUT2D eigenvalue weighted by atomic mass is 10.0. The van der Waals surface area contributed by atoms with E-state index in [4.69, 9.17) is 0 Å². The van der Waals surface area contributed by atoms with Crippen molar-refractivity contribution < 1.29 is 8.78 Å². The van der Waals surface area contributed by atoms with Crippen molar-refractivity contribution >= 4 is 0 Å². The molecule has 1 aliphatic rings. The summed E-state index contributed by atoms with van der Waals surface area (Å²) >= 11 is 0. The lowest BCUT2D eigenvalue weighted by Gasteiger charge is -2.15. The highest BCUT2D eigenvalue weighted by atomic mass is 19.3. The van der Waals surface area contributed by atoms with Gasteiger partial charge in [0.25, 0.3) is 5.92 Å². The van der Waals surface area contributed by atoms with Crippen molar-refractivity contribution in [2.24, 2.45) is 0 Å². The molecule has 0 saturated heterocycles. The van der Waals surface area contributed by atoms with E-state index in [1.54, 1.807) is 6.08 Å². The molecule has 0 spiro atoms. The second kappa shape index (κ2) is 1.84. The van der Waals surface area contributed by atoms with Gasteiger partial charge in [-0.3, -0.25) is 0 Å². The Hall–Kier alpha value is -0.400. The van der Waals surface area contributed by atoms with Crippen LogP contribution >= 0.6 is 0 Å². The smallest absolute Gasteiger partial charge is 0.207 e. The quantitative estimate of drug-likeness (QED) is 0.456. The summed E-state index contributed by atoms with van der Waals surface area (Å²) in [5, 5.41) is 0. The summed E-state index contributed by atoms with van der Waals surface area (Å²) in [5.74, 6) is -2.46. The van der Waals surface area contributed by atoms with Gasteiger partial charge in [-0.1, -0.05) is 6.08 Å². The fourth-order valence-corrected chi connectivity index (χ4v) is 0.695. The highest BCUT2D eigenvalue weighted by Gasteiger charge is 2.27. The molecule has 0 N–H and O–H groups in total. The maximum absolute atomic E-state index is 12.1. The van der Waals surface area contributed by atoms with E-state index in [1.165, 1.54) is 0 Å². The average molecular weight is 117 g/mol. The van der Waals surface area contributed by atoms with Crippen LogP contribution in [0, 0.1) is 6.08 Å². The van der Waals surface area contributed by atoms with E-state index in [0.717, 1.165) is 0 Å². The average Bonchev–Trinajstić information content (AvgIpc) is 1.65. The van der Waals surface area contributed by atoms with Crippen LogP contribution in [0.25, 0.3) is 0 Å². The normalized spacial score (nSPS) is 25.8. The van der Waals surface area contributed by atoms with E-state index in [9.17, 15) is 8.78 Å². The molecule has 0 unspecified atom stereocenters. The first-order valence-electron chi connectivity index (χ1n) is 2.64. The van der Waals surface area contributed by atoms with Gasteiger partial charge in [-0.15, -0.1) is 0 Å². The van der Waals surface area contributed by atoms with E-state index >= 15 is 0 Å². The first kappa shape index (κ1) is 5.73. The van der Waals surface area contributed by atoms with E-state index < -0.39 is 5.92 Å². The van der Waals surface area contributed by atoms with E-state index in [1.807, 2.05) is 0 Å². The lowest BCUT2D eigenvalue weighted by Crippen LogP contribution is -2.16. The Morgan fingerprint density at radius 2 is 2.25 bits per heavy atom. The number of rotatable bonds is 0. The molecule has 8 heavy (non-hydrogen) atoms. The molecule has 0 nitrogen and oxygen atoms in total. The molecule has 0 aromatic heterocycles. The molecule has 0 bridgehead atoms. The number of hydrogen-bond acceptors (Lipinski definition) is 0. The van der Waals surface area contributed by atoms with Gasteiger partial charge in [-0.05, 0) is 12.5 Å². The molecule has 2 heteroatoms. The van der Waals surface area contributed by atoms with E-state index in [0.29, 0.717) is 6.42 Å². The van der Waals surface area contributed by atoms with Crippen LogP contribution in [0.3, 0.4) is 0 Å². The Morgan fingerprint density at radius 1 is 1.50 bits per heavy atom. The third-order valence-electron chi connectivity index (χ3n) is 1.16. The molecular weight excluding hydrogens is 110 g/mol. The fraction of sp³-hybridized carbons (Fsp3) is 0.667. The van der Waals surface area contributed by atoms with Crippen molar-refractivity contribution in [3.8, 4) is 0 Å². The van der Waals surface area contributed by atoms with Gasteiger partial charge in [0.05, 0.1) is 0 Å². The summed E-state index contributed by atoms with van der Waals surface area (Å²) in [7, 11) is 0. The van der Waals surface area contributed by atoms with Crippen molar-refractivity contribution in [3.63, 3.8) is 0 Å². The first-order valence-corrected chi connectivity index (χ1v) is 2.64. The molecule has 0 amide bonds. The van der Waals surface area contributed by atoms with Crippen LogP contribution in [0.2, 0.25) is 0 Å². The highest BCUT2D eigenvalue weighted by Crippen LogP contribution is 2.27. The summed E-state index contributed by atoms with van der Waals surface area (Å²) in [6, 6.07) is 0. The lowest BCUT2D eigenvalue weighted by molar-refractivity contribution is -0.00930. The van der Waals surface area contributed by atoms with Crippen LogP contribution in [-0.4, -0.2) is 5.92 Å². The summed E-state index contributed by atoms with van der Waals surface area (Å²) < 4.78 is 24.2. The van der Waals surface area contributed by atoms with Gasteiger partial charge in [-0.2, -0.15) is 0 Å². The van der Waals surface area contributed by atoms with Gasteiger partial charge in [-0.25, -0.2) is 8.78 Å². The second-order valence-corrected chi connectivity index (χ2v) is 1.98. The standard InChI is InChI=1S/C6H7F2/c7-6(8)4-2-1-3-5-6/h1H,2,4-5H2. The SMILES string of the molecule is FC1(F)C[C]=CCC1. The highest BCUT2D eigenvalue weighted by molar-refractivity contribution is 4.87. The topological polar surface area (TPSA) is 0 Å². The number of alkyl halides is 2. The summed E-state index contributed by atoms with van der Waals surface area (Å²) in [5.41, 5.74) is 0. The van der Waals surface area contributed by atoms with Crippen LogP contribution in [0.4, 0.5) is 8.78 Å². The minimum atomic E-state index is -2.46. The van der Waals surface area contributed by atoms with Gasteiger partial charge < -0.3 is 0 Å². The molecule has 0 aromatic rings. The molecule has 1 radical (unpaired) electrons. The summed E-state index contributed by atoms with van der Waals surface area (Å²) in [4.78, 5) is 0. The van der Waals surface area contributed by atoms with Crippen molar-refractivity contribution in [2.45, 2.75) is 25.2 Å². The number of allylic oxidation sites excluding steroid dienone is 2. The zero-order valence-electron chi connectivity index (χ0n) is 4.45. The molecule has 0 aliphatic heterocycles. The molecule has 0 heterocycles. The molecule has 0 fully saturated rings. The maximum atomic E-state index is 12.1. The zero-order valence-corrected chi connectivity index (χ0v) is 4.45. The second-order valence-electron chi connectivity index (χ2n) is 1.98. The van der Waals surface area contributed by atoms with Crippen LogP contribution in [0.5, 0.6) is 0 Å². The van der Waals surface area contributed by atoms with Crippen molar-refractivity contribution in [1.82, 2.24) is 0 Å². The Bertz CT molecular complexity index is 105. The number of halogens is 2. The van der Waals surface area contributed by atoms with Crippen molar-refractivity contribution in [1.29, 1.82) is 0 Å². The van der Waals surface area contributed by atoms with Gasteiger partial charge in [0.1, 0.15) is 0 Å². The van der Waals surface area contributed by atoms with Crippen LogP contribution in [0.1, 0.15) is 19.3 Å². The van der Waals surface area contributed by atoms with E-state index in [-0.39, 0.29) is 12.8 Å². The van der Waals surface area contributed by atoms with Gasteiger partial charge in [0, 0.05) is 12.8 Å². The molecule has 45 valence electrons. The predicted molar refractivity (Wildman–Crippen MR) is 26.6 cm³/mol. The summed E-state index contributed by atoms with van der Waals surface area (Å²) in [6.07, 6.45) is 4.47. The minimum Gasteiger partial charge on any atom is -0.207 e. The molecule has 0 aromatic carbocycles. The Kier molecular flexibility index (Phi) is 1.32. The third kappa shape index (κ3) is 1.29. The molecular formula is C6H7F2. The monoisotopic (exact) mass is 117 g/mol. The zero-order chi connectivity index (χ0) is 6.04. The molecule has 1 rings (SSSR count). The molecule has 0 atom stereocenters. The summed E-state index contributed by atoms with van der Waals surface area (Å²) in [6.45, 7) is 0. The van der Waals surface area contributed by atoms with Crippen LogP contribution in [0.15, 0.2) is 6.08 Å². The Morgan fingerprint density at radius 3 is 2.50 bits per heavy atom. The fourth-order valence-electron chi connectivity index (χ4n) is 0.695. The number of hydrogen-bond donors (Lipinski definition) is 0. The minimum absolute atomic E-state index is 0.